The molecule has 0 radical (unpaired) electrons. The first kappa shape index (κ1) is 14.4. The first-order valence-corrected chi connectivity index (χ1v) is 6.92. The molecule has 3 rings (SSSR count). The van der Waals surface area contributed by atoms with Crippen LogP contribution in [0.25, 0.3) is 22.3 Å². The number of hydrogen-bond acceptors (Lipinski definition) is 4. The van der Waals surface area contributed by atoms with E-state index in [0.29, 0.717) is 33.0 Å². The topological polar surface area (TPSA) is 56.5 Å². The van der Waals surface area contributed by atoms with Crippen molar-refractivity contribution in [3.05, 3.63) is 64.2 Å². The fraction of sp³-hybridized carbons (Fsp3) is 0.0588. The third kappa shape index (κ3) is 2.49. The van der Waals surface area contributed by atoms with Gasteiger partial charge in [-0.3, -0.25) is 9.59 Å². The van der Waals surface area contributed by atoms with Crippen LogP contribution in [0.1, 0.15) is 6.92 Å². The molecule has 2 aliphatic rings. The molecule has 1 aliphatic carbocycles. The monoisotopic (exact) mass is 314 g/mol. The highest BCUT2D eigenvalue weighted by atomic mass is 35.5. The fourth-order valence-corrected chi connectivity index (χ4v) is 2.55. The lowest BCUT2D eigenvalue weighted by atomic mass is 9.96. The van der Waals surface area contributed by atoms with Gasteiger partial charge in [-0.1, -0.05) is 29.8 Å². The van der Waals surface area contributed by atoms with Crippen molar-refractivity contribution in [3.8, 4) is 28.0 Å². The van der Waals surface area contributed by atoms with E-state index < -0.39 is 5.97 Å². The molecule has 0 saturated carbocycles. The average Bonchev–Trinajstić information content (AvgIpc) is 2.50. The normalized spacial score (nSPS) is 10.6. The summed E-state index contributed by atoms with van der Waals surface area (Å²) in [5, 5.41) is 0.468. The largest absolute Gasteiger partial charge is 0.472 e. The summed E-state index contributed by atoms with van der Waals surface area (Å²) in [5.74, 6) is -0.181. The SMILES string of the molecule is CC(=O)Oc1c(-c2ccccc2Cl)cc(=O)c2coccc1-2. The van der Waals surface area contributed by atoms with Gasteiger partial charge >= 0.3 is 5.97 Å². The second-order valence-corrected chi connectivity index (χ2v) is 5.12. The maximum absolute atomic E-state index is 12.3. The first-order valence-electron chi connectivity index (χ1n) is 6.54. The summed E-state index contributed by atoms with van der Waals surface area (Å²) < 4.78 is 10.4. The molecule has 0 fully saturated rings. The Labute approximate surface area is 131 Å². The van der Waals surface area contributed by atoms with E-state index in [9.17, 15) is 9.59 Å². The van der Waals surface area contributed by atoms with Crippen molar-refractivity contribution in [2.75, 3.05) is 0 Å². The predicted molar refractivity (Wildman–Crippen MR) is 83.4 cm³/mol. The van der Waals surface area contributed by atoms with Gasteiger partial charge in [0.2, 0.25) is 0 Å². The molecule has 0 saturated heterocycles. The number of carbonyl (C=O) groups excluding carboxylic acids is 1. The van der Waals surface area contributed by atoms with Crippen molar-refractivity contribution in [1.29, 1.82) is 0 Å². The molecule has 1 aliphatic heterocycles. The maximum atomic E-state index is 12.3. The average molecular weight is 315 g/mol. The molecule has 5 heteroatoms. The summed E-state index contributed by atoms with van der Waals surface area (Å²) in [6.45, 7) is 1.31. The van der Waals surface area contributed by atoms with Gasteiger partial charge in [-0.15, -0.1) is 0 Å². The Balaban J connectivity index is 2.39. The Kier molecular flexibility index (Phi) is 3.69. The third-order valence-corrected chi connectivity index (χ3v) is 3.56. The molecule has 22 heavy (non-hydrogen) atoms. The summed E-state index contributed by atoms with van der Waals surface area (Å²) >= 11 is 6.21. The van der Waals surface area contributed by atoms with Crippen LogP contribution >= 0.6 is 11.6 Å². The van der Waals surface area contributed by atoms with Crippen LogP contribution < -0.4 is 10.2 Å². The zero-order chi connectivity index (χ0) is 15.7. The molecule has 0 spiro atoms. The van der Waals surface area contributed by atoms with Crippen molar-refractivity contribution < 1.29 is 13.9 Å². The molecule has 0 amide bonds. The molecule has 1 aromatic rings. The molecule has 110 valence electrons. The third-order valence-electron chi connectivity index (χ3n) is 3.23. The van der Waals surface area contributed by atoms with E-state index in [0.717, 1.165) is 0 Å². The number of ether oxygens (including phenoxy) is 1. The number of fused-ring (bicyclic) bond motifs is 1. The van der Waals surface area contributed by atoms with E-state index in [1.165, 1.54) is 25.5 Å². The van der Waals surface area contributed by atoms with Crippen LogP contribution in [0.3, 0.4) is 0 Å². The Morgan fingerprint density at radius 3 is 2.59 bits per heavy atom. The van der Waals surface area contributed by atoms with Crippen molar-refractivity contribution in [2.45, 2.75) is 6.92 Å². The maximum Gasteiger partial charge on any atom is 0.308 e. The molecule has 1 aromatic carbocycles. The number of hydrogen-bond donors (Lipinski definition) is 0. The van der Waals surface area contributed by atoms with Gasteiger partial charge in [-0.05, 0) is 18.2 Å². The van der Waals surface area contributed by atoms with E-state index in [4.69, 9.17) is 20.8 Å². The number of benzene rings is 2. The van der Waals surface area contributed by atoms with E-state index in [-0.39, 0.29) is 5.43 Å². The summed E-state index contributed by atoms with van der Waals surface area (Å²) in [7, 11) is 0. The van der Waals surface area contributed by atoms with Crippen molar-refractivity contribution >= 4 is 17.6 Å². The predicted octanol–water partition coefficient (Wildman–Crippen LogP) is 3.99. The smallest absolute Gasteiger partial charge is 0.308 e. The van der Waals surface area contributed by atoms with Crippen LogP contribution in [0.15, 0.2) is 58.1 Å². The number of esters is 1. The number of rotatable bonds is 2. The van der Waals surface area contributed by atoms with Crippen LogP contribution in [0.4, 0.5) is 0 Å². The minimum atomic E-state index is -0.478. The Morgan fingerprint density at radius 1 is 1.09 bits per heavy atom. The van der Waals surface area contributed by atoms with E-state index in [2.05, 4.69) is 0 Å². The zero-order valence-electron chi connectivity index (χ0n) is 11.6. The quantitative estimate of drug-likeness (QED) is 0.530. The van der Waals surface area contributed by atoms with Gasteiger partial charge in [0.05, 0.1) is 11.8 Å². The molecular formula is C17H11ClO4. The zero-order valence-corrected chi connectivity index (χ0v) is 12.4. The molecule has 1 heterocycles. The van der Waals surface area contributed by atoms with Crippen LogP contribution in [0.2, 0.25) is 5.02 Å². The van der Waals surface area contributed by atoms with Crippen LogP contribution in [-0.4, -0.2) is 5.97 Å². The highest BCUT2D eigenvalue weighted by Gasteiger charge is 2.21. The summed E-state index contributed by atoms with van der Waals surface area (Å²) in [6.07, 6.45) is 2.76. The first-order chi connectivity index (χ1) is 10.6. The summed E-state index contributed by atoms with van der Waals surface area (Å²) in [6, 6.07) is 10.1. The molecular weight excluding hydrogens is 304 g/mol. The molecule has 0 unspecified atom stereocenters. The van der Waals surface area contributed by atoms with Gasteiger partial charge in [-0.25, -0.2) is 0 Å². The van der Waals surface area contributed by atoms with Crippen molar-refractivity contribution in [3.63, 3.8) is 0 Å². The van der Waals surface area contributed by atoms with E-state index in [1.807, 2.05) is 0 Å². The fourth-order valence-electron chi connectivity index (χ4n) is 2.31. The molecule has 0 N–H and O–H groups in total. The van der Waals surface area contributed by atoms with Gasteiger partial charge in [0.15, 0.2) is 5.43 Å². The van der Waals surface area contributed by atoms with Crippen molar-refractivity contribution in [1.82, 2.24) is 0 Å². The Bertz CT molecular complexity index is 882. The standard InChI is InChI=1S/C17H11ClO4/c1-10(19)22-17-12-6-7-21-9-14(12)16(20)8-13(17)11-4-2-3-5-15(11)18/h2-9H,1H3. The second-order valence-electron chi connectivity index (χ2n) is 4.71. The minimum Gasteiger partial charge on any atom is -0.472 e. The highest BCUT2D eigenvalue weighted by molar-refractivity contribution is 6.33. The van der Waals surface area contributed by atoms with Gasteiger partial charge in [0, 0.05) is 28.6 Å². The number of halogens is 1. The van der Waals surface area contributed by atoms with Gasteiger partial charge in [-0.2, -0.15) is 0 Å². The van der Waals surface area contributed by atoms with E-state index in [1.54, 1.807) is 30.3 Å². The van der Waals surface area contributed by atoms with E-state index >= 15 is 0 Å². The molecule has 4 nitrogen and oxygen atoms in total. The lowest BCUT2D eigenvalue weighted by Gasteiger charge is -2.15. The van der Waals surface area contributed by atoms with Crippen LogP contribution in [-0.2, 0) is 4.79 Å². The minimum absolute atomic E-state index is 0.231. The summed E-state index contributed by atoms with van der Waals surface area (Å²) in [4.78, 5) is 23.7. The lowest BCUT2D eigenvalue weighted by molar-refractivity contribution is -0.131. The molecule has 0 aromatic heterocycles. The second kappa shape index (κ2) is 5.66. The highest BCUT2D eigenvalue weighted by Crippen LogP contribution is 2.40. The van der Waals surface area contributed by atoms with Crippen molar-refractivity contribution in [2.24, 2.45) is 0 Å². The van der Waals surface area contributed by atoms with Gasteiger partial charge in [0.1, 0.15) is 12.0 Å². The molecule has 0 bridgehead atoms. The molecule has 0 atom stereocenters. The Hall–Kier alpha value is -2.59. The summed E-state index contributed by atoms with van der Waals surface area (Å²) in [5.41, 5.74) is 1.72. The van der Waals surface area contributed by atoms with Crippen LogP contribution in [0, 0.1) is 0 Å². The Morgan fingerprint density at radius 2 is 1.86 bits per heavy atom. The van der Waals surface area contributed by atoms with Gasteiger partial charge < -0.3 is 9.15 Å². The van der Waals surface area contributed by atoms with Crippen LogP contribution in [0.5, 0.6) is 5.75 Å². The lowest BCUT2D eigenvalue weighted by Crippen LogP contribution is -2.11. The van der Waals surface area contributed by atoms with Gasteiger partial charge in [0.25, 0.3) is 0 Å². The number of carbonyl (C=O) groups is 1.